The van der Waals surface area contributed by atoms with Gasteiger partial charge in [0.25, 0.3) is 0 Å². The first-order valence-electron chi connectivity index (χ1n) is 12.4. The topological polar surface area (TPSA) is 83.9 Å². The van der Waals surface area contributed by atoms with Crippen LogP contribution in [-0.4, -0.2) is 60.3 Å². The Labute approximate surface area is 202 Å². The number of amides is 1. The molecule has 7 nitrogen and oxygen atoms in total. The minimum absolute atomic E-state index is 0.0131. The van der Waals surface area contributed by atoms with Gasteiger partial charge in [-0.3, -0.25) is 14.7 Å². The summed E-state index contributed by atoms with van der Waals surface area (Å²) in [5.41, 5.74) is 5.21. The zero-order chi connectivity index (χ0) is 24.1. The smallest absolute Gasteiger partial charge is 0.223 e. The van der Waals surface area contributed by atoms with Gasteiger partial charge in [0.05, 0.1) is 19.3 Å². The highest BCUT2D eigenvalue weighted by Crippen LogP contribution is 2.44. The van der Waals surface area contributed by atoms with Gasteiger partial charge in [0.1, 0.15) is 12.4 Å². The van der Waals surface area contributed by atoms with Crippen LogP contribution in [0.3, 0.4) is 0 Å². The number of carbonyl (C=O) groups excluding carboxylic acids is 1. The van der Waals surface area contributed by atoms with Crippen molar-refractivity contribution in [2.75, 3.05) is 39.4 Å². The van der Waals surface area contributed by atoms with Gasteiger partial charge in [0, 0.05) is 56.0 Å². The van der Waals surface area contributed by atoms with Crippen molar-refractivity contribution in [2.45, 2.75) is 46.3 Å². The highest BCUT2D eigenvalue weighted by atomic mass is 16.5. The zero-order valence-corrected chi connectivity index (χ0v) is 20.5. The normalized spacial score (nSPS) is 21.5. The van der Waals surface area contributed by atoms with E-state index in [1.807, 2.05) is 26.0 Å². The molecule has 1 aliphatic carbocycles. The zero-order valence-electron chi connectivity index (χ0n) is 20.5. The first-order valence-corrected chi connectivity index (χ1v) is 12.4. The highest BCUT2D eigenvalue weighted by Gasteiger charge is 2.37. The number of benzene rings is 1. The molecular formula is C27H37N3O4. The summed E-state index contributed by atoms with van der Waals surface area (Å²) in [6.07, 6.45) is 4.50. The molecule has 0 saturated carbocycles. The number of aliphatic hydroxyl groups excluding tert-OH is 1. The number of nitrogens with one attached hydrogen (secondary N) is 1. The molecule has 2 N–H and O–H groups in total. The van der Waals surface area contributed by atoms with Gasteiger partial charge >= 0.3 is 0 Å². The Morgan fingerprint density at radius 2 is 2.15 bits per heavy atom. The van der Waals surface area contributed by atoms with Gasteiger partial charge in [0.15, 0.2) is 0 Å². The van der Waals surface area contributed by atoms with E-state index >= 15 is 0 Å². The van der Waals surface area contributed by atoms with Gasteiger partial charge in [0.2, 0.25) is 5.91 Å². The van der Waals surface area contributed by atoms with Crippen molar-refractivity contribution < 1.29 is 19.4 Å². The summed E-state index contributed by atoms with van der Waals surface area (Å²) < 4.78 is 11.5. The Kier molecular flexibility index (Phi) is 8.19. The van der Waals surface area contributed by atoms with Gasteiger partial charge in [-0.15, -0.1) is 0 Å². The van der Waals surface area contributed by atoms with Crippen molar-refractivity contribution in [1.82, 2.24) is 15.2 Å². The van der Waals surface area contributed by atoms with E-state index in [2.05, 4.69) is 28.2 Å². The highest BCUT2D eigenvalue weighted by molar-refractivity contribution is 5.78. The summed E-state index contributed by atoms with van der Waals surface area (Å²) in [7, 11) is 0. The van der Waals surface area contributed by atoms with Gasteiger partial charge in [-0.25, -0.2) is 0 Å². The van der Waals surface area contributed by atoms with Crippen molar-refractivity contribution in [1.29, 1.82) is 0 Å². The number of hydrogen-bond donors (Lipinski definition) is 2. The van der Waals surface area contributed by atoms with E-state index in [1.165, 1.54) is 5.56 Å². The molecule has 1 saturated heterocycles. The van der Waals surface area contributed by atoms with Crippen molar-refractivity contribution in [2.24, 2.45) is 11.8 Å². The van der Waals surface area contributed by atoms with Crippen LogP contribution < -0.4 is 10.1 Å². The van der Waals surface area contributed by atoms with Crippen LogP contribution in [-0.2, 0) is 22.6 Å². The molecule has 1 fully saturated rings. The average Bonchev–Trinajstić information content (AvgIpc) is 2.86. The lowest BCUT2D eigenvalue weighted by molar-refractivity contribution is -0.128. The molecule has 4 rings (SSSR count). The molecule has 0 unspecified atom stereocenters. The summed E-state index contributed by atoms with van der Waals surface area (Å²) in [6.45, 7) is 11.2. The number of pyridine rings is 1. The fraction of sp³-hybridized carbons (Fsp3) is 0.556. The molecule has 1 amide bonds. The second-order valence-corrected chi connectivity index (χ2v) is 9.54. The van der Waals surface area contributed by atoms with Gasteiger partial charge < -0.3 is 19.9 Å². The Morgan fingerprint density at radius 3 is 2.88 bits per heavy atom. The minimum atomic E-state index is -0.690. The number of ether oxygens (including phenoxy) is 2. The molecule has 2 heterocycles. The van der Waals surface area contributed by atoms with Crippen molar-refractivity contribution in [3.63, 3.8) is 0 Å². The van der Waals surface area contributed by atoms with Crippen molar-refractivity contribution in [3.05, 3.63) is 58.4 Å². The van der Waals surface area contributed by atoms with Crippen LogP contribution in [0.2, 0.25) is 0 Å². The van der Waals surface area contributed by atoms with Gasteiger partial charge in [-0.05, 0) is 61.1 Å². The van der Waals surface area contributed by atoms with Gasteiger partial charge in [-0.1, -0.05) is 13.0 Å². The number of rotatable bonds is 8. The van der Waals surface area contributed by atoms with Gasteiger partial charge in [-0.2, -0.15) is 0 Å². The third-order valence-corrected chi connectivity index (χ3v) is 7.36. The molecule has 34 heavy (non-hydrogen) atoms. The molecular weight excluding hydrogens is 430 g/mol. The summed E-state index contributed by atoms with van der Waals surface area (Å²) in [6, 6.07) is 5.95. The molecule has 1 aromatic heterocycles. The Bertz CT molecular complexity index is 976. The molecule has 184 valence electrons. The number of nitrogens with zero attached hydrogens (tertiary/aromatic N) is 2. The summed E-state index contributed by atoms with van der Waals surface area (Å²) in [4.78, 5) is 19.4. The molecule has 2 aliphatic rings. The Balaban J connectivity index is 1.42. The average molecular weight is 468 g/mol. The van der Waals surface area contributed by atoms with Crippen LogP contribution in [0.15, 0.2) is 30.6 Å². The molecule has 1 aliphatic heterocycles. The summed E-state index contributed by atoms with van der Waals surface area (Å²) in [5.74, 6) is 0.400. The fourth-order valence-electron chi connectivity index (χ4n) is 5.21. The van der Waals surface area contributed by atoms with E-state index in [4.69, 9.17) is 9.47 Å². The lowest BCUT2D eigenvalue weighted by atomic mass is 9.72. The third kappa shape index (κ3) is 5.59. The van der Waals surface area contributed by atoms with E-state index < -0.39 is 6.10 Å². The minimum Gasteiger partial charge on any atom is -0.489 e. The SMILES string of the molecule is Cc1cc(OCc2cccnc2)c(C)c2c1CC[C@@H]([C@H](C)C(=O)NCCN1CCOCC1)[C@H]2O. The number of aliphatic hydroxyl groups is 1. The number of morpholine rings is 1. The van der Waals surface area contributed by atoms with Crippen LogP contribution in [0, 0.1) is 25.7 Å². The van der Waals surface area contributed by atoms with Crippen LogP contribution >= 0.6 is 0 Å². The maximum absolute atomic E-state index is 12.9. The number of aryl methyl sites for hydroxylation is 1. The summed E-state index contributed by atoms with van der Waals surface area (Å²) >= 11 is 0. The lowest BCUT2D eigenvalue weighted by Crippen LogP contribution is -2.43. The third-order valence-electron chi connectivity index (χ3n) is 7.36. The van der Waals surface area contributed by atoms with E-state index in [9.17, 15) is 9.90 Å². The first-order chi connectivity index (χ1) is 16.5. The standard InChI is InChI=1S/C27H37N3O4/c1-18-15-24(34-17-21-5-4-8-28-16-21)20(3)25-22(18)6-7-23(26(25)31)19(2)27(32)29-9-10-30-11-13-33-14-12-30/h4-5,8,15-16,19,23,26,31H,6-7,9-14,17H2,1-3H3,(H,29,32)/t19-,23-,26+/m0/s1. The lowest BCUT2D eigenvalue weighted by Gasteiger charge is -2.36. The van der Waals surface area contributed by atoms with E-state index in [1.54, 1.807) is 12.4 Å². The molecule has 0 spiro atoms. The quantitative estimate of drug-likeness (QED) is 0.621. The predicted octanol–water partition coefficient (Wildman–Crippen LogP) is 2.96. The molecule has 1 aromatic carbocycles. The fourth-order valence-corrected chi connectivity index (χ4v) is 5.21. The maximum Gasteiger partial charge on any atom is 0.223 e. The maximum atomic E-state index is 12.9. The second kappa shape index (κ2) is 11.3. The van der Waals surface area contributed by atoms with Crippen LogP contribution in [0.4, 0.5) is 0 Å². The summed E-state index contributed by atoms with van der Waals surface area (Å²) in [5, 5.41) is 14.5. The number of carbonyl (C=O) groups is 1. The second-order valence-electron chi connectivity index (χ2n) is 9.54. The van der Waals surface area contributed by atoms with Crippen LogP contribution in [0.5, 0.6) is 5.75 Å². The number of aromatic nitrogens is 1. The van der Waals surface area contributed by atoms with Crippen molar-refractivity contribution in [3.8, 4) is 5.75 Å². The first kappa shape index (κ1) is 24.6. The number of fused-ring (bicyclic) bond motifs is 1. The molecule has 0 radical (unpaired) electrons. The molecule has 3 atom stereocenters. The monoisotopic (exact) mass is 467 g/mol. The Morgan fingerprint density at radius 1 is 1.35 bits per heavy atom. The van der Waals surface area contributed by atoms with E-state index in [0.29, 0.717) is 13.2 Å². The molecule has 7 heteroatoms. The largest absolute Gasteiger partial charge is 0.489 e. The van der Waals surface area contributed by atoms with Crippen LogP contribution in [0.25, 0.3) is 0 Å². The Hall–Kier alpha value is -2.48. The predicted molar refractivity (Wildman–Crippen MR) is 131 cm³/mol. The molecule has 0 bridgehead atoms. The molecule has 2 aromatic rings. The van der Waals surface area contributed by atoms with E-state index in [-0.39, 0.29) is 17.7 Å². The van der Waals surface area contributed by atoms with Crippen LogP contribution in [0.1, 0.15) is 47.3 Å². The number of hydrogen-bond acceptors (Lipinski definition) is 6. The van der Waals surface area contributed by atoms with Crippen molar-refractivity contribution >= 4 is 5.91 Å². The van der Waals surface area contributed by atoms with E-state index in [0.717, 1.165) is 73.7 Å².